The third-order valence-corrected chi connectivity index (χ3v) is 11.0. The highest BCUT2D eigenvalue weighted by molar-refractivity contribution is 6.75. The van der Waals surface area contributed by atoms with E-state index in [2.05, 4.69) is 76.3 Å². The van der Waals surface area contributed by atoms with E-state index in [1.54, 1.807) is 0 Å². The summed E-state index contributed by atoms with van der Waals surface area (Å²) < 4.78 is 12.5. The average molecular weight is 305 g/mol. The Morgan fingerprint density at radius 1 is 0.762 bits per heavy atom. The molecule has 0 saturated carbocycles. The number of allylic oxidation sites excluding steroid dienone is 8. The number of hydrogen-bond acceptors (Lipinski definition) is 2. The van der Waals surface area contributed by atoms with Crippen molar-refractivity contribution in [3.63, 3.8) is 0 Å². The lowest BCUT2D eigenvalue weighted by molar-refractivity contribution is 0.171. The minimum absolute atomic E-state index is 0.107. The quantitative estimate of drug-likeness (QED) is 0.697. The van der Waals surface area contributed by atoms with E-state index in [-0.39, 0.29) is 10.1 Å². The third kappa shape index (κ3) is 2.14. The van der Waals surface area contributed by atoms with E-state index >= 15 is 0 Å². The summed E-state index contributed by atoms with van der Waals surface area (Å²) in [5.41, 5.74) is 0. The van der Waals surface area contributed by atoms with Crippen LogP contribution in [0.3, 0.4) is 0 Å². The predicted octanol–water partition coefficient (Wildman–Crippen LogP) is 4.77. The molecule has 116 valence electrons. The van der Waals surface area contributed by atoms with Gasteiger partial charge in [-0.05, 0) is 11.8 Å². The van der Waals surface area contributed by atoms with Gasteiger partial charge in [0.25, 0.3) is 0 Å². The van der Waals surface area contributed by atoms with E-state index in [1.165, 1.54) is 0 Å². The standard InChI is InChI=1S/C18H28O2Si/c1-15-11-7-9-13-17(15,3)21(19-5,20-6)18(4)14-10-8-12-16(18)2/h7-16H,1-6H3. The Kier molecular flexibility index (Phi) is 4.48. The minimum atomic E-state index is -2.59. The fraction of sp³-hybridized carbons (Fsp3) is 0.556. The summed E-state index contributed by atoms with van der Waals surface area (Å²) >= 11 is 0. The number of hydrogen-bond donors (Lipinski definition) is 0. The molecule has 21 heavy (non-hydrogen) atoms. The van der Waals surface area contributed by atoms with Crippen molar-refractivity contribution in [1.29, 1.82) is 0 Å². The van der Waals surface area contributed by atoms with E-state index in [0.717, 1.165) is 0 Å². The molecule has 0 aromatic rings. The van der Waals surface area contributed by atoms with Crippen molar-refractivity contribution in [3.05, 3.63) is 48.6 Å². The van der Waals surface area contributed by atoms with Crippen molar-refractivity contribution in [3.8, 4) is 0 Å². The molecule has 0 aromatic heterocycles. The lowest BCUT2D eigenvalue weighted by Gasteiger charge is -2.55. The van der Waals surface area contributed by atoms with E-state index in [9.17, 15) is 0 Å². The van der Waals surface area contributed by atoms with Gasteiger partial charge in [-0.15, -0.1) is 0 Å². The summed E-state index contributed by atoms with van der Waals surface area (Å²) in [6, 6.07) is 0. The van der Waals surface area contributed by atoms with Crippen molar-refractivity contribution < 1.29 is 8.85 Å². The molecule has 0 aliphatic heterocycles. The summed E-state index contributed by atoms with van der Waals surface area (Å²) in [6.45, 7) is 9.11. The Morgan fingerprint density at radius 2 is 1.14 bits per heavy atom. The molecule has 4 atom stereocenters. The first-order valence-corrected chi connectivity index (χ1v) is 9.52. The minimum Gasteiger partial charge on any atom is -0.397 e. The molecule has 4 unspecified atom stereocenters. The van der Waals surface area contributed by atoms with Gasteiger partial charge in [0.1, 0.15) is 0 Å². The van der Waals surface area contributed by atoms with Gasteiger partial charge in [0.05, 0.1) is 0 Å². The lowest BCUT2D eigenvalue weighted by Crippen LogP contribution is -2.62. The highest BCUT2D eigenvalue weighted by Gasteiger charge is 2.66. The maximum Gasteiger partial charge on any atom is 0.358 e. The van der Waals surface area contributed by atoms with Crippen LogP contribution in [0, 0.1) is 11.8 Å². The zero-order chi connectivity index (χ0) is 15.7. The summed E-state index contributed by atoms with van der Waals surface area (Å²) in [5.74, 6) is 0.773. The Hall–Kier alpha value is -0.903. The molecule has 3 heteroatoms. The average Bonchev–Trinajstić information content (AvgIpc) is 2.47. The molecule has 0 aromatic carbocycles. The van der Waals surface area contributed by atoms with Crippen molar-refractivity contribution in [2.75, 3.05) is 14.2 Å². The summed E-state index contributed by atoms with van der Waals surface area (Å²) in [4.78, 5) is 0. The molecule has 0 amide bonds. The highest BCUT2D eigenvalue weighted by Crippen LogP contribution is 2.62. The molecule has 2 aliphatic carbocycles. The molecule has 0 radical (unpaired) electrons. The Morgan fingerprint density at radius 3 is 1.43 bits per heavy atom. The van der Waals surface area contributed by atoms with Crippen LogP contribution in [0.15, 0.2) is 48.6 Å². The van der Waals surface area contributed by atoms with Gasteiger partial charge in [-0.1, -0.05) is 76.3 Å². The SMILES string of the molecule is CO[Si](OC)(C1(C)C=CC=CC1C)C1(C)C=CC=CC1C. The molecule has 2 aliphatic rings. The summed E-state index contributed by atoms with van der Waals surface area (Å²) in [6.07, 6.45) is 17.6. The molecule has 2 nitrogen and oxygen atoms in total. The van der Waals surface area contributed by atoms with Gasteiger partial charge >= 0.3 is 8.56 Å². The maximum atomic E-state index is 6.26. The van der Waals surface area contributed by atoms with Crippen LogP contribution in [0.5, 0.6) is 0 Å². The molecule has 0 heterocycles. The predicted molar refractivity (Wildman–Crippen MR) is 91.4 cm³/mol. The normalized spacial score (nSPS) is 39.0. The zero-order valence-corrected chi connectivity index (χ0v) is 15.1. The van der Waals surface area contributed by atoms with Crippen LogP contribution in [-0.2, 0) is 8.85 Å². The largest absolute Gasteiger partial charge is 0.397 e. The summed E-state index contributed by atoms with van der Waals surface area (Å²) in [5, 5.41) is -0.215. The molecule has 0 fully saturated rings. The van der Waals surface area contributed by atoms with Gasteiger partial charge < -0.3 is 8.85 Å². The first-order chi connectivity index (χ1) is 9.88. The van der Waals surface area contributed by atoms with Crippen molar-refractivity contribution in [2.24, 2.45) is 11.8 Å². The first kappa shape index (κ1) is 16.5. The van der Waals surface area contributed by atoms with Gasteiger partial charge in [0.2, 0.25) is 0 Å². The van der Waals surface area contributed by atoms with Crippen LogP contribution in [0.2, 0.25) is 10.1 Å². The topological polar surface area (TPSA) is 18.5 Å². The second-order valence-electron chi connectivity index (χ2n) is 6.66. The lowest BCUT2D eigenvalue weighted by atomic mass is 9.89. The van der Waals surface area contributed by atoms with Gasteiger partial charge in [-0.3, -0.25) is 0 Å². The van der Waals surface area contributed by atoms with Crippen LogP contribution in [0.25, 0.3) is 0 Å². The Bertz CT molecular complexity index is 459. The van der Waals surface area contributed by atoms with Crippen LogP contribution in [-0.4, -0.2) is 22.8 Å². The molecular weight excluding hydrogens is 276 g/mol. The Labute approximate surface area is 130 Å². The third-order valence-electron chi connectivity index (χ3n) is 5.79. The zero-order valence-electron chi connectivity index (χ0n) is 14.1. The number of rotatable bonds is 4. The molecule has 2 rings (SSSR count). The molecule has 0 spiro atoms. The maximum absolute atomic E-state index is 6.26. The van der Waals surface area contributed by atoms with Crippen LogP contribution >= 0.6 is 0 Å². The van der Waals surface area contributed by atoms with E-state index in [4.69, 9.17) is 8.85 Å². The smallest absolute Gasteiger partial charge is 0.358 e. The Balaban J connectivity index is 2.61. The molecular formula is C18H28O2Si. The van der Waals surface area contributed by atoms with Crippen LogP contribution < -0.4 is 0 Å². The second-order valence-corrected chi connectivity index (χ2v) is 10.9. The van der Waals surface area contributed by atoms with Gasteiger partial charge in [-0.25, -0.2) is 0 Å². The fourth-order valence-corrected chi connectivity index (χ4v) is 9.15. The second kappa shape index (κ2) is 5.71. The van der Waals surface area contributed by atoms with Gasteiger partial charge in [0.15, 0.2) is 0 Å². The van der Waals surface area contributed by atoms with Crippen LogP contribution in [0.1, 0.15) is 27.7 Å². The van der Waals surface area contributed by atoms with Gasteiger partial charge in [-0.2, -0.15) is 0 Å². The van der Waals surface area contributed by atoms with Gasteiger partial charge in [0, 0.05) is 24.3 Å². The molecule has 0 bridgehead atoms. The molecule has 0 N–H and O–H groups in total. The van der Waals surface area contributed by atoms with E-state index in [0.29, 0.717) is 11.8 Å². The fourth-order valence-electron chi connectivity index (χ4n) is 4.04. The van der Waals surface area contributed by atoms with Crippen molar-refractivity contribution in [1.82, 2.24) is 0 Å². The van der Waals surface area contributed by atoms with Crippen molar-refractivity contribution in [2.45, 2.75) is 37.8 Å². The van der Waals surface area contributed by atoms with E-state index in [1.807, 2.05) is 14.2 Å². The monoisotopic (exact) mass is 304 g/mol. The molecule has 0 saturated heterocycles. The first-order valence-electron chi connectivity index (χ1n) is 7.70. The van der Waals surface area contributed by atoms with Crippen LogP contribution in [0.4, 0.5) is 0 Å². The van der Waals surface area contributed by atoms with Crippen molar-refractivity contribution >= 4 is 8.56 Å². The summed E-state index contributed by atoms with van der Waals surface area (Å²) in [7, 11) is 1.05. The van der Waals surface area contributed by atoms with E-state index < -0.39 is 8.56 Å². The highest BCUT2D eigenvalue weighted by atomic mass is 28.4.